The Labute approximate surface area is 240 Å². The summed E-state index contributed by atoms with van der Waals surface area (Å²) in [6.45, 7) is 3.26. The third-order valence-electron chi connectivity index (χ3n) is 4.91. The van der Waals surface area contributed by atoms with Gasteiger partial charge in [-0.3, -0.25) is 0 Å². The number of aromatic nitrogens is 1. The molecule has 1 aromatic heterocycles. The van der Waals surface area contributed by atoms with Crippen molar-refractivity contribution in [3.05, 3.63) is 129 Å². The minimum Gasteiger partial charge on any atom is -0.546 e. The molecule has 11 heteroatoms. The summed E-state index contributed by atoms with van der Waals surface area (Å²) in [4.78, 5) is 4.26. The van der Waals surface area contributed by atoms with E-state index in [-0.39, 0.29) is 45.3 Å². The van der Waals surface area contributed by atoms with Crippen LogP contribution in [-0.4, -0.2) is 34.9 Å². The first-order chi connectivity index (χ1) is 17.7. The number of hydrogen-bond donors (Lipinski definition) is 0. The number of rotatable bonds is 9. The van der Waals surface area contributed by atoms with Crippen molar-refractivity contribution in [1.29, 1.82) is 0 Å². The van der Waals surface area contributed by atoms with Crippen LogP contribution in [0.1, 0.15) is 11.1 Å². The predicted octanol–water partition coefficient (Wildman–Crippen LogP) is 6.54. The molecule has 0 fully saturated rings. The summed E-state index contributed by atoms with van der Waals surface area (Å²) in [5.74, 6) is 0.744. The molecule has 3 aromatic carbocycles. The second-order valence-electron chi connectivity index (χ2n) is 7.92. The van der Waals surface area contributed by atoms with Crippen molar-refractivity contribution >= 4 is 31.6 Å². The van der Waals surface area contributed by atoms with Crippen molar-refractivity contribution in [2.75, 3.05) is 13.1 Å². The Morgan fingerprint density at radius 3 is 1.47 bits per heavy atom. The van der Waals surface area contributed by atoms with E-state index in [9.17, 15) is 16.8 Å². The molecule has 0 radical (unpaired) electrons. The fourth-order valence-corrected chi connectivity index (χ4v) is 4.85. The zero-order chi connectivity index (χ0) is 26.7. The fourth-order valence-electron chi connectivity index (χ4n) is 2.95. The van der Waals surface area contributed by atoms with Gasteiger partial charge >= 0.3 is 22.4 Å². The SMILES string of the molecule is Cc1ccc(S(=O)(=O)[N-]CC[N-]S(=O)(=O)c2ccc(C)cc2)cc1.[Au+3].c1ccc([N-]c2ccccn2)cc1. The zero-order valence-corrected chi connectivity index (χ0v) is 24.6. The summed E-state index contributed by atoms with van der Waals surface area (Å²) >= 11 is 0. The monoisotopic (exact) mass is 732 g/mol. The van der Waals surface area contributed by atoms with E-state index in [4.69, 9.17) is 0 Å². The van der Waals surface area contributed by atoms with Gasteiger partial charge in [0.25, 0.3) is 0 Å². The van der Waals surface area contributed by atoms with Crippen LogP contribution in [0, 0.1) is 13.8 Å². The molecular formula is C27H27AuN4O4S2. The van der Waals surface area contributed by atoms with Gasteiger partial charge in [0.05, 0.1) is 0 Å². The molecular weight excluding hydrogens is 705 g/mol. The predicted molar refractivity (Wildman–Crippen MR) is 147 cm³/mol. The van der Waals surface area contributed by atoms with E-state index in [0.717, 1.165) is 22.6 Å². The Bertz CT molecular complexity index is 1350. The molecule has 0 aliphatic heterocycles. The number of nitrogens with zero attached hydrogens (tertiary/aromatic N) is 4. The molecule has 8 nitrogen and oxygen atoms in total. The molecule has 202 valence electrons. The van der Waals surface area contributed by atoms with Crippen molar-refractivity contribution in [1.82, 2.24) is 4.98 Å². The van der Waals surface area contributed by atoms with Gasteiger partial charge < -0.3 is 19.7 Å². The minimum absolute atomic E-state index is 0. The largest absolute Gasteiger partial charge is 3.00 e. The van der Waals surface area contributed by atoms with Crippen LogP contribution >= 0.6 is 0 Å². The molecule has 0 N–H and O–H groups in total. The Kier molecular flexibility index (Phi) is 12.3. The summed E-state index contributed by atoms with van der Waals surface area (Å²) in [7, 11) is -7.59. The van der Waals surface area contributed by atoms with Crippen LogP contribution in [0.3, 0.4) is 0 Å². The average Bonchev–Trinajstić information content (AvgIpc) is 2.89. The Balaban J connectivity index is 0.000000305. The molecule has 4 aromatic rings. The Hall–Kier alpha value is -2.83. The molecule has 0 unspecified atom stereocenters. The van der Waals surface area contributed by atoms with Crippen molar-refractivity contribution < 1.29 is 39.2 Å². The molecule has 0 saturated heterocycles. The summed E-state index contributed by atoms with van der Waals surface area (Å²) in [5.41, 5.74) is 2.81. The smallest absolute Gasteiger partial charge is 0.546 e. The van der Waals surface area contributed by atoms with Crippen LogP contribution in [0.2, 0.25) is 0 Å². The number of hydrogen-bond acceptors (Lipinski definition) is 5. The van der Waals surface area contributed by atoms with E-state index < -0.39 is 20.0 Å². The van der Waals surface area contributed by atoms with E-state index >= 15 is 0 Å². The van der Waals surface area contributed by atoms with E-state index in [1.165, 1.54) is 24.3 Å². The molecule has 0 spiro atoms. The Morgan fingerprint density at radius 2 is 1.05 bits per heavy atom. The number of benzene rings is 3. The van der Waals surface area contributed by atoms with Gasteiger partial charge in [0.1, 0.15) is 20.0 Å². The zero-order valence-electron chi connectivity index (χ0n) is 20.8. The Morgan fingerprint density at radius 1 is 0.605 bits per heavy atom. The third-order valence-corrected chi connectivity index (χ3v) is 7.69. The van der Waals surface area contributed by atoms with Gasteiger partial charge in [0, 0.05) is 9.79 Å². The van der Waals surface area contributed by atoms with E-state index in [0.29, 0.717) is 0 Å². The molecule has 0 amide bonds. The van der Waals surface area contributed by atoms with Gasteiger partial charge in [-0.2, -0.15) is 13.1 Å². The summed E-state index contributed by atoms with van der Waals surface area (Å²) in [6, 6.07) is 28.0. The average molecular weight is 733 g/mol. The van der Waals surface area contributed by atoms with Crippen LogP contribution in [0.15, 0.2) is 113 Å². The second-order valence-corrected chi connectivity index (χ2v) is 11.3. The van der Waals surface area contributed by atoms with E-state index in [1.54, 1.807) is 30.5 Å². The van der Waals surface area contributed by atoms with Gasteiger partial charge in [-0.05, 0) is 43.8 Å². The standard InChI is InChI=1S/C16H18N2O4S2.C11H9N2.Au/c1-13-3-7-15(8-4-13)23(19,20)17-11-12-18-24(21,22)16-9-5-14(2)6-10-16;1-2-6-10(7-3-1)13-11-8-4-5-9-12-11;/h3-10H,11-12H2,1-2H3;1-9H;/q-2;-1;+3. The summed E-state index contributed by atoms with van der Waals surface area (Å²) in [5, 5.41) is 4.33. The maximum Gasteiger partial charge on any atom is 3.00 e. The van der Waals surface area contributed by atoms with Gasteiger partial charge in [0.2, 0.25) is 0 Å². The molecule has 1 heterocycles. The van der Waals surface area contributed by atoms with Crippen LogP contribution in [0.4, 0.5) is 11.5 Å². The number of pyridine rings is 1. The van der Waals surface area contributed by atoms with Gasteiger partial charge in [-0.1, -0.05) is 95.9 Å². The van der Waals surface area contributed by atoms with Crippen molar-refractivity contribution in [2.24, 2.45) is 0 Å². The second kappa shape index (κ2) is 14.9. The van der Waals surface area contributed by atoms with Crippen molar-refractivity contribution in [2.45, 2.75) is 23.6 Å². The van der Waals surface area contributed by atoms with Gasteiger partial charge in [0.15, 0.2) is 0 Å². The molecule has 0 saturated carbocycles. The van der Waals surface area contributed by atoms with Crippen molar-refractivity contribution in [3.8, 4) is 0 Å². The maximum absolute atomic E-state index is 12.0. The first-order valence-corrected chi connectivity index (χ1v) is 14.2. The summed E-state index contributed by atoms with van der Waals surface area (Å²) < 4.78 is 55.2. The molecule has 0 aliphatic carbocycles. The molecule has 0 bridgehead atoms. The van der Waals surface area contributed by atoms with E-state index in [2.05, 4.69) is 19.7 Å². The van der Waals surface area contributed by atoms with Crippen LogP contribution in [0.5, 0.6) is 0 Å². The number of sulfonamides is 2. The molecule has 0 aliphatic rings. The number of para-hydroxylation sites is 1. The van der Waals surface area contributed by atoms with Crippen LogP contribution in [0.25, 0.3) is 14.8 Å². The molecule has 4 rings (SSSR count). The van der Waals surface area contributed by atoms with Gasteiger partial charge in [-0.25, -0.2) is 16.8 Å². The first-order valence-electron chi connectivity index (χ1n) is 11.3. The quantitative estimate of drug-likeness (QED) is 0.143. The maximum atomic E-state index is 12.0. The fraction of sp³-hybridized carbons (Fsp3) is 0.148. The van der Waals surface area contributed by atoms with Crippen molar-refractivity contribution in [3.63, 3.8) is 0 Å². The first kappa shape index (κ1) is 31.4. The third kappa shape index (κ3) is 10.1. The minimum atomic E-state index is -3.79. The molecule has 38 heavy (non-hydrogen) atoms. The summed E-state index contributed by atoms with van der Waals surface area (Å²) in [6.07, 6.45) is 1.74. The van der Waals surface area contributed by atoms with E-state index in [1.807, 2.05) is 62.4 Å². The van der Waals surface area contributed by atoms with Gasteiger partial charge in [-0.15, -0.1) is 0 Å². The number of aryl methyl sites for hydroxylation is 2. The van der Waals surface area contributed by atoms with Crippen LogP contribution < -0.4 is 0 Å². The topological polar surface area (TPSA) is 123 Å². The normalized spacial score (nSPS) is 11.0. The molecule has 0 atom stereocenters. The van der Waals surface area contributed by atoms with Crippen LogP contribution in [-0.2, 0) is 42.4 Å².